The van der Waals surface area contributed by atoms with Gasteiger partial charge in [-0.05, 0) is 84.6 Å². The van der Waals surface area contributed by atoms with Crippen LogP contribution in [0.5, 0.6) is 17.2 Å². The second kappa shape index (κ2) is 12.2. The Hall–Kier alpha value is -4.04. The maximum absolute atomic E-state index is 13.0. The molecule has 0 N–H and O–H groups in total. The lowest BCUT2D eigenvalue weighted by Gasteiger charge is -2.17. The van der Waals surface area contributed by atoms with Crippen molar-refractivity contribution in [1.29, 1.82) is 0 Å². The first-order valence-electron chi connectivity index (χ1n) is 12.6. The molecule has 7 nitrogen and oxygen atoms in total. The van der Waals surface area contributed by atoms with E-state index in [1.165, 1.54) is 12.0 Å². The van der Waals surface area contributed by atoms with Gasteiger partial charge in [0.15, 0.2) is 11.5 Å². The van der Waals surface area contributed by atoms with E-state index >= 15 is 0 Å². The second-order valence-corrected chi connectivity index (χ2v) is 10.5. The van der Waals surface area contributed by atoms with Crippen LogP contribution in [-0.4, -0.2) is 42.3 Å². The number of hydrogen-bond acceptors (Lipinski definition) is 7. The summed E-state index contributed by atoms with van der Waals surface area (Å²) in [5.74, 6) is 0.707. The minimum atomic E-state index is -0.528. The van der Waals surface area contributed by atoms with Gasteiger partial charge in [-0.15, -0.1) is 0 Å². The van der Waals surface area contributed by atoms with Gasteiger partial charge in [0.05, 0.1) is 24.1 Å². The van der Waals surface area contributed by atoms with Crippen LogP contribution < -0.4 is 14.2 Å². The molecule has 3 aromatic rings. The predicted octanol–water partition coefficient (Wildman–Crippen LogP) is 6.77. The van der Waals surface area contributed by atoms with Crippen molar-refractivity contribution in [2.24, 2.45) is 0 Å². The second-order valence-electron chi connectivity index (χ2n) is 9.54. The molecule has 202 valence electrons. The zero-order valence-corrected chi connectivity index (χ0v) is 23.5. The van der Waals surface area contributed by atoms with Crippen molar-refractivity contribution < 1.29 is 28.6 Å². The first-order chi connectivity index (χ1) is 18.7. The fraction of sp³-hybridized carbons (Fsp3) is 0.258. The fourth-order valence-corrected chi connectivity index (χ4v) is 4.91. The van der Waals surface area contributed by atoms with E-state index in [4.69, 9.17) is 14.2 Å². The lowest BCUT2D eigenvalue weighted by atomic mass is 10.0. The number of carbonyl (C=O) groups excluding carboxylic acids is 3. The van der Waals surface area contributed by atoms with Crippen LogP contribution in [0.2, 0.25) is 0 Å². The minimum absolute atomic E-state index is 0.134. The molecular weight excluding hydrogens is 514 g/mol. The van der Waals surface area contributed by atoms with Crippen molar-refractivity contribution in [3.05, 3.63) is 93.4 Å². The first-order valence-corrected chi connectivity index (χ1v) is 13.4. The number of imide groups is 1. The first kappa shape index (κ1) is 28.0. The number of esters is 1. The van der Waals surface area contributed by atoms with E-state index in [1.54, 1.807) is 36.4 Å². The molecule has 1 fully saturated rings. The van der Waals surface area contributed by atoms with Crippen molar-refractivity contribution >= 4 is 35.0 Å². The van der Waals surface area contributed by atoms with Crippen LogP contribution in [0.1, 0.15) is 52.4 Å². The molecule has 1 aliphatic rings. The van der Waals surface area contributed by atoms with Crippen LogP contribution in [0.15, 0.2) is 65.6 Å². The molecule has 0 bridgehead atoms. The molecule has 0 spiro atoms. The number of methoxy groups -OCH3 is 1. The van der Waals surface area contributed by atoms with Gasteiger partial charge in [0.1, 0.15) is 12.4 Å². The van der Waals surface area contributed by atoms with Gasteiger partial charge >= 0.3 is 5.97 Å². The number of thioether (sulfide) groups is 1. The summed E-state index contributed by atoms with van der Waals surface area (Å²) in [6.07, 6.45) is 1.60. The number of rotatable bonds is 9. The van der Waals surface area contributed by atoms with E-state index in [1.807, 2.05) is 44.2 Å². The van der Waals surface area contributed by atoms with Gasteiger partial charge in [0.2, 0.25) is 0 Å². The molecule has 8 heteroatoms. The van der Waals surface area contributed by atoms with E-state index in [9.17, 15) is 14.4 Å². The number of amides is 2. The van der Waals surface area contributed by atoms with Gasteiger partial charge in [-0.25, -0.2) is 4.79 Å². The van der Waals surface area contributed by atoms with Crippen LogP contribution >= 0.6 is 11.8 Å². The lowest BCUT2D eigenvalue weighted by molar-refractivity contribution is -0.123. The van der Waals surface area contributed by atoms with E-state index in [2.05, 4.69) is 13.8 Å². The zero-order valence-electron chi connectivity index (χ0n) is 22.6. The topological polar surface area (TPSA) is 82.1 Å². The predicted molar refractivity (Wildman–Crippen MR) is 153 cm³/mol. The normalized spacial score (nSPS) is 14.3. The summed E-state index contributed by atoms with van der Waals surface area (Å²) in [5, 5.41) is -0.359. The summed E-state index contributed by atoms with van der Waals surface area (Å²) in [4.78, 5) is 39.8. The van der Waals surface area contributed by atoms with E-state index in [0.717, 1.165) is 34.2 Å². The third-order valence-corrected chi connectivity index (χ3v) is 7.12. The molecular formula is C31H31NO6S. The van der Waals surface area contributed by atoms with Gasteiger partial charge in [-0.2, -0.15) is 0 Å². The molecule has 0 aliphatic carbocycles. The average Bonchev–Trinajstić information content (AvgIpc) is 3.16. The van der Waals surface area contributed by atoms with Gasteiger partial charge < -0.3 is 14.2 Å². The third kappa shape index (κ3) is 6.70. The fourth-order valence-electron chi connectivity index (χ4n) is 4.05. The van der Waals surface area contributed by atoms with Crippen molar-refractivity contribution in [2.45, 2.75) is 33.6 Å². The molecule has 0 aromatic heterocycles. The van der Waals surface area contributed by atoms with E-state index in [-0.39, 0.29) is 35.0 Å². The maximum Gasteiger partial charge on any atom is 0.343 e. The van der Waals surface area contributed by atoms with Crippen LogP contribution in [-0.2, 0) is 4.79 Å². The summed E-state index contributed by atoms with van der Waals surface area (Å²) in [7, 11) is 1.48. The van der Waals surface area contributed by atoms with Crippen molar-refractivity contribution in [3.63, 3.8) is 0 Å². The summed E-state index contributed by atoms with van der Waals surface area (Å²) in [6.45, 7) is 8.43. The quantitative estimate of drug-likeness (QED) is 0.167. The Labute approximate surface area is 232 Å². The Balaban J connectivity index is 1.46. The van der Waals surface area contributed by atoms with Gasteiger partial charge in [0.25, 0.3) is 11.1 Å². The molecule has 4 rings (SSSR count). The summed E-state index contributed by atoms with van der Waals surface area (Å²) < 4.78 is 16.9. The van der Waals surface area contributed by atoms with Gasteiger partial charge in [-0.1, -0.05) is 49.7 Å². The highest BCUT2D eigenvalue weighted by atomic mass is 32.2. The van der Waals surface area contributed by atoms with Gasteiger partial charge in [0, 0.05) is 0 Å². The Morgan fingerprint density at radius 1 is 0.923 bits per heavy atom. The number of hydrogen-bond donors (Lipinski definition) is 0. The molecule has 1 saturated heterocycles. The molecule has 0 unspecified atom stereocenters. The SMILES string of the molecule is COc1ccc(/C=C2\SC(=O)N(CCOc3cc(C)ccc3C(C)C)C2=O)cc1OC(=O)c1ccc(C)cc1. The largest absolute Gasteiger partial charge is 0.493 e. The summed E-state index contributed by atoms with van der Waals surface area (Å²) in [6, 6.07) is 18.1. The van der Waals surface area contributed by atoms with Crippen molar-refractivity contribution in [3.8, 4) is 17.2 Å². The van der Waals surface area contributed by atoms with Crippen LogP contribution in [0.4, 0.5) is 4.79 Å². The standard InChI is InChI=1S/C31H31NO6S/c1-19(2)24-12-8-21(4)16-26(24)37-15-14-32-29(33)28(39-31(32)35)18-22-9-13-25(36-5)27(17-22)38-30(34)23-10-6-20(3)7-11-23/h6-13,16-19H,14-15H2,1-5H3/b28-18-. The molecule has 0 saturated carbocycles. The lowest BCUT2D eigenvalue weighted by Crippen LogP contribution is -2.32. The van der Waals surface area contributed by atoms with Crippen LogP contribution in [0, 0.1) is 13.8 Å². The molecule has 0 atom stereocenters. The molecule has 3 aromatic carbocycles. The number of ether oxygens (including phenoxy) is 3. The van der Waals surface area contributed by atoms with Crippen molar-refractivity contribution in [2.75, 3.05) is 20.3 Å². The zero-order chi connectivity index (χ0) is 28.1. The van der Waals surface area contributed by atoms with E-state index in [0.29, 0.717) is 16.9 Å². The third-order valence-electron chi connectivity index (χ3n) is 6.21. The summed E-state index contributed by atoms with van der Waals surface area (Å²) in [5.41, 5.74) is 4.18. The Bertz CT molecular complexity index is 1430. The van der Waals surface area contributed by atoms with Gasteiger partial charge in [-0.3, -0.25) is 14.5 Å². The monoisotopic (exact) mass is 545 g/mol. The highest BCUT2D eigenvalue weighted by Gasteiger charge is 2.35. The number of benzene rings is 3. The smallest absolute Gasteiger partial charge is 0.343 e. The molecule has 1 heterocycles. The van der Waals surface area contributed by atoms with Crippen molar-refractivity contribution in [1.82, 2.24) is 4.90 Å². The number of aryl methyl sites for hydroxylation is 2. The Morgan fingerprint density at radius 3 is 2.33 bits per heavy atom. The van der Waals surface area contributed by atoms with Crippen LogP contribution in [0.25, 0.3) is 6.08 Å². The minimum Gasteiger partial charge on any atom is -0.493 e. The maximum atomic E-state index is 13.0. The van der Waals surface area contributed by atoms with E-state index < -0.39 is 11.9 Å². The van der Waals surface area contributed by atoms with Crippen LogP contribution in [0.3, 0.4) is 0 Å². The average molecular weight is 546 g/mol. The molecule has 39 heavy (non-hydrogen) atoms. The molecule has 1 aliphatic heterocycles. The molecule has 0 radical (unpaired) electrons. The Morgan fingerprint density at radius 2 is 1.64 bits per heavy atom. The number of nitrogens with zero attached hydrogens (tertiary/aromatic N) is 1. The highest BCUT2D eigenvalue weighted by molar-refractivity contribution is 8.18. The molecule has 2 amide bonds. The highest BCUT2D eigenvalue weighted by Crippen LogP contribution is 2.35. The summed E-state index contributed by atoms with van der Waals surface area (Å²) >= 11 is 0.865. The number of carbonyl (C=O) groups is 3. The Kier molecular flexibility index (Phi) is 8.76.